The van der Waals surface area contributed by atoms with E-state index in [0.29, 0.717) is 24.3 Å². The molecule has 3 aliphatic carbocycles. The molecule has 10 heteroatoms. The number of ether oxygens (including phenoxy) is 2. The molecule has 4 rings (SSSR count). The molecular formula is C30H38N2O8. The number of nitrogens with zero attached hydrogens (tertiary/aromatic N) is 2. The molecule has 216 valence electrons. The number of Topliss-reactive ketones (excluding diaryl/α,β-unsaturated/α-hetero) is 3. The summed E-state index contributed by atoms with van der Waals surface area (Å²) in [6, 6.07) is 2.64. The second kappa shape index (κ2) is 10.7. The number of unbranched alkanes of at least 4 members (excludes halogenated alkanes) is 1. The number of rotatable bonds is 8. The Morgan fingerprint density at radius 3 is 2.33 bits per heavy atom. The zero-order chi connectivity index (χ0) is 29.7. The number of anilines is 1. The first kappa shape index (κ1) is 29.3. The molecule has 10 nitrogen and oxygen atoms in total. The van der Waals surface area contributed by atoms with Crippen LogP contribution in [-0.2, 0) is 30.3 Å². The van der Waals surface area contributed by atoms with Crippen molar-refractivity contribution in [2.24, 2.45) is 11.8 Å². The number of hydrogen-bond donors (Lipinski definition) is 2. The van der Waals surface area contributed by atoms with Gasteiger partial charge in [0, 0.05) is 38.2 Å². The van der Waals surface area contributed by atoms with Crippen molar-refractivity contribution in [2.75, 3.05) is 39.7 Å². The molecule has 1 aromatic rings. The van der Waals surface area contributed by atoms with Crippen LogP contribution in [0.5, 0.6) is 5.75 Å². The van der Waals surface area contributed by atoms with E-state index in [4.69, 9.17) is 9.47 Å². The van der Waals surface area contributed by atoms with Crippen LogP contribution in [0.1, 0.15) is 51.2 Å². The molecule has 1 unspecified atom stereocenters. The van der Waals surface area contributed by atoms with Crippen LogP contribution < -0.4 is 9.64 Å². The number of hydrogen-bond acceptors (Lipinski definition) is 10. The maximum atomic E-state index is 14.5. The molecule has 0 aliphatic heterocycles. The smallest absolute Gasteiger partial charge is 0.304 e. The standard InChI is InChI=1S/C30H38N2O8/c1-8-9-12-39-21-11-10-20(31(4)5)18-13-17-14-19-25(32(6)7)27(36)22(15(2)33)28(37)30(19,40-16(3)34)29(38)23(17)26(35)24(18)21/h10-11,17,19,25,35,37H,8-9,12-14H2,1-7H3/t17-,19-,25?,30+/m0/s1. The summed E-state index contributed by atoms with van der Waals surface area (Å²) in [5.74, 6) is -5.39. The van der Waals surface area contributed by atoms with Crippen molar-refractivity contribution in [1.29, 1.82) is 0 Å². The van der Waals surface area contributed by atoms with Crippen molar-refractivity contribution in [3.63, 3.8) is 0 Å². The lowest BCUT2D eigenvalue weighted by Gasteiger charge is -2.51. The zero-order valence-corrected chi connectivity index (χ0v) is 24.2. The van der Waals surface area contributed by atoms with Gasteiger partial charge in [-0.25, -0.2) is 0 Å². The molecule has 0 bridgehead atoms. The van der Waals surface area contributed by atoms with E-state index in [1.54, 1.807) is 25.1 Å². The highest BCUT2D eigenvalue weighted by atomic mass is 16.6. The number of fused-ring (bicyclic) bond motifs is 3. The van der Waals surface area contributed by atoms with E-state index in [9.17, 15) is 29.4 Å². The second-order valence-corrected chi connectivity index (χ2v) is 11.2. The second-order valence-electron chi connectivity index (χ2n) is 11.2. The highest BCUT2D eigenvalue weighted by molar-refractivity contribution is 6.25. The quantitative estimate of drug-likeness (QED) is 0.280. The summed E-state index contributed by atoms with van der Waals surface area (Å²) in [5.41, 5.74) is -0.899. The Bertz CT molecular complexity index is 1340. The third-order valence-corrected chi connectivity index (χ3v) is 8.18. The predicted molar refractivity (Wildman–Crippen MR) is 148 cm³/mol. The summed E-state index contributed by atoms with van der Waals surface area (Å²) in [4.78, 5) is 56.6. The lowest BCUT2D eigenvalue weighted by molar-refractivity contribution is -0.179. The van der Waals surface area contributed by atoms with Crippen molar-refractivity contribution < 1.29 is 38.9 Å². The molecule has 1 fully saturated rings. The molecule has 40 heavy (non-hydrogen) atoms. The fourth-order valence-electron chi connectivity index (χ4n) is 6.56. The van der Waals surface area contributed by atoms with Crippen molar-refractivity contribution >= 4 is 34.8 Å². The molecule has 2 N–H and O–H groups in total. The van der Waals surface area contributed by atoms with E-state index in [1.165, 1.54) is 0 Å². The van der Waals surface area contributed by atoms with Gasteiger partial charge in [0.05, 0.1) is 18.2 Å². The van der Waals surface area contributed by atoms with Gasteiger partial charge in [-0.05, 0) is 63.9 Å². The van der Waals surface area contributed by atoms with Gasteiger partial charge in [-0.3, -0.25) is 24.1 Å². The Morgan fingerprint density at radius 1 is 1.10 bits per heavy atom. The summed E-state index contributed by atoms with van der Waals surface area (Å²) >= 11 is 0. The minimum atomic E-state index is -2.34. The molecule has 0 spiro atoms. The van der Waals surface area contributed by atoms with Crippen LogP contribution in [0.25, 0.3) is 5.76 Å². The summed E-state index contributed by atoms with van der Waals surface area (Å²) in [6.07, 6.45) is 2.19. The van der Waals surface area contributed by atoms with E-state index < -0.39 is 58.1 Å². The number of esters is 1. The number of aliphatic hydroxyl groups is 2. The fraction of sp³-hybridized carbons (Fsp3) is 0.533. The lowest BCUT2D eigenvalue weighted by atomic mass is 9.57. The minimum absolute atomic E-state index is 0.0115. The van der Waals surface area contributed by atoms with Crippen molar-refractivity contribution in [3.8, 4) is 5.75 Å². The highest BCUT2D eigenvalue weighted by Crippen LogP contribution is 2.55. The van der Waals surface area contributed by atoms with Gasteiger partial charge in [0.2, 0.25) is 11.4 Å². The van der Waals surface area contributed by atoms with Gasteiger partial charge < -0.3 is 24.6 Å². The van der Waals surface area contributed by atoms with Gasteiger partial charge in [0.1, 0.15) is 17.1 Å². The molecule has 0 amide bonds. The topological polar surface area (TPSA) is 134 Å². The van der Waals surface area contributed by atoms with Crippen LogP contribution in [0.3, 0.4) is 0 Å². The van der Waals surface area contributed by atoms with E-state index >= 15 is 0 Å². The third kappa shape index (κ3) is 4.38. The molecule has 1 aromatic carbocycles. The summed E-state index contributed by atoms with van der Waals surface area (Å²) in [7, 11) is 7.04. The first-order valence-electron chi connectivity index (χ1n) is 13.6. The van der Waals surface area contributed by atoms with E-state index in [-0.39, 0.29) is 17.8 Å². The van der Waals surface area contributed by atoms with Crippen LogP contribution in [-0.4, -0.2) is 84.9 Å². The lowest BCUT2D eigenvalue weighted by Crippen LogP contribution is -2.66. The van der Waals surface area contributed by atoms with Gasteiger partial charge in [-0.2, -0.15) is 0 Å². The van der Waals surface area contributed by atoms with Gasteiger partial charge in [0.25, 0.3) is 0 Å². The van der Waals surface area contributed by atoms with Crippen molar-refractivity contribution in [1.82, 2.24) is 4.90 Å². The van der Waals surface area contributed by atoms with Crippen molar-refractivity contribution in [2.45, 2.75) is 58.1 Å². The monoisotopic (exact) mass is 554 g/mol. The first-order chi connectivity index (χ1) is 18.8. The number of carbonyl (C=O) groups excluding carboxylic acids is 4. The molecule has 0 aromatic heterocycles. The van der Waals surface area contributed by atoms with Crippen LogP contribution in [0, 0.1) is 11.8 Å². The number of likely N-dealkylation sites (N-methyl/N-ethyl adjacent to an activating group) is 1. The van der Waals surface area contributed by atoms with E-state index in [2.05, 4.69) is 0 Å². The normalized spacial score (nSPS) is 25.9. The number of aliphatic hydroxyl groups excluding tert-OH is 2. The minimum Gasteiger partial charge on any atom is -0.507 e. The van der Waals surface area contributed by atoms with Crippen LogP contribution in [0.15, 0.2) is 29.0 Å². The zero-order valence-electron chi connectivity index (χ0n) is 24.2. The highest BCUT2D eigenvalue weighted by Gasteiger charge is 2.67. The van der Waals surface area contributed by atoms with Gasteiger partial charge >= 0.3 is 5.97 Å². The maximum Gasteiger partial charge on any atom is 0.304 e. The Kier molecular flexibility index (Phi) is 7.86. The van der Waals surface area contributed by atoms with E-state index in [0.717, 1.165) is 37.9 Å². The van der Waals surface area contributed by atoms with Crippen LogP contribution >= 0.6 is 0 Å². The van der Waals surface area contributed by atoms with E-state index in [1.807, 2.05) is 32.0 Å². The third-order valence-electron chi connectivity index (χ3n) is 8.18. The van der Waals surface area contributed by atoms with Crippen molar-refractivity contribution in [3.05, 3.63) is 40.2 Å². The molecule has 3 aliphatic rings. The van der Waals surface area contributed by atoms with Gasteiger partial charge in [-0.15, -0.1) is 0 Å². The van der Waals surface area contributed by atoms with Crippen LogP contribution in [0.2, 0.25) is 0 Å². The predicted octanol–water partition coefficient (Wildman–Crippen LogP) is 3.18. The first-order valence-corrected chi connectivity index (χ1v) is 13.6. The average Bonchev–Trinajstić information content (AvgIpc) is 2.84. The molecule has 0 radical (unpaired) electrons. The Balaban J connectivity index is 2.02. The van der Waals surface area contributed by atoms with Crippen LogP contribution in [0.4, 0.5) is 5.69 Å². The average molecular weight is 555 g/mol. The number of benzene rings is 1. The van der Waals surface area contributed by atoms with Gasteiger partial charge in [0.15, 0.2) is 17.3 Å². The summed E-state index contributed by atoms with van der Waals surface area (Å²) < 4.78 is 11.7. The molecule has 0 heterocycles. The number of carbonyl (C=O) groups is 4. The number of ketones is 3. The molecule has 1 saturated carbocycles. The fourth-order valence-corrected chi connectivity index (χ4v) is 6.56. The van der Waals surface area contributed by atoms with Gasteiger partial charge in [-0.1, -0.05) is 13.3 Å². The molecule has 4 atom stereocenters. The molecular weight excluding hydrogens is 516 g/mol. The Hall–Kier alpha value is -3.66. The Morgan fingerprint density at radius 2 is 1.77 bits per heavy atom. The summed E-state index contributed by atoms with van der Waals surface area (Å²) in [6.45, 7) is 4.67. The largest absolute Gasteiger partial charge is 0.507 e. The maximum absolute atomic E-state index is 14.5. The Labute approximate surface area is 234 Å². The molecule has 0 saturated heterocycles. The SMILES string of the molecule is CCCCOc1ccc(N(C)C)c2c1C(O)=C1C(=O)[C@]3(OC(C)=O)C(O)=C(C(C)=O)C(=O)C(N(C)C)[C@@H]3C[C@@H]1C2. The summed E-state index contributed by atoms with van der Waals surface area (Å²) in [5, 5.41) is 23.2.